The van der Waals surface area contributed by atoms with Crippen LogP contribution in [0, 0.1) is 35.5 Å². The Bertz CT molecular complexity index is 1420. The third-order valence-electron chi connectivity index (χ3n) is 13.3. The normalized spacial score (nSPS) is 41.5. The van der Waals surface area contributed by atoms with Crippen molar-refractivity contribution < 1.29 is 58.2 Å². The van der Waals surface area contributed by atoms with Gasteiger partial charge in [0.2, 0.25) is 5.79 Å². The number of hydrogen-bond acceptors (Lipinski definition) is 12. The number of hydrogen-bond donors (Lipinski definition) is 3. The lowest BCUT2D eigenvalue weighted by atomic mass is 9.79. The number of carbonyl (C=O) groups is 4. The van der Waals surface area contributed by atoms with Gasteiger partial charge >= 0.3 is 5.97 Å². The van der Waals surface area contributed by atoms with E-state index >= 15 is 0 Å². The number of rotatable bonds is 7. The van der Waals surface area contributed by atoms with Gasteiger partial charge < -0.3 is 43.9 Å². The van der Waals surface area contributed by atoms with E-state index in [9.17, 15) is 34.5 Å². The first-order valence-electron chi connectivity index (χ1n) is 21.2. The molecule has 3 aliphatic heterocycles. The molecule has 57 heavy (non-hydrogen) atoms. The summed E-state index contributed by atoms with van der Waals surface area (Å²) in [6.07, 6.45) is 4.10. The maximum atomic E-state index is 14.3. The van der Waals surface area contributed by atoms with Gasteiger partial charge in [0.25, 0.3) is 11.7 Å². The average Bonchev–Trinajstić information content (AvgIpc) is 3.18. The van der Waals surface area contributed by atoms with Crippen LogP contribution >= 0.6 is 0 Å². The Morgan fingerprint density at radius 1 is 0.860 bits per heavy atom. The van der Waals surface area contributed by atoms with Crippen molar-refractivity contribution in [3.05, 3.63) is 24.3 Å². The second-order valence-corrected chi connectivity index (χ2v) is 17.7. The van der Waals surface area contributed by atoms with Crippen molar-refractivity contribution in [3.63, 3.8) is 0 Å². The van der Waals surface area contributed by atoms with Gasteiger partial charge in [0.15, 0.2) is 0 Å². The number of ketones is 2. The topological polar surface area (TPSA) is 178 Å². The second-order valence-electron chi connectivity index (χ2n) is 17.7. The van der Waals surface area contributed by atoms with Gasteiger partial charge in [-0.25, -0.2) is 4.79 Å². The highest BCUT2D eigenvalue weighted by Crippen LogP contribution is 2.39. The molecule has 3 N–H and O–H groups in total. The highest BCUT2D eigenvalue weighted by molar-refractivity contribution is 6.39. The van der Waals surface area contributed by atoms with Crippen molar-refractivity contribution >= 4 is 23.4 Å². The molecule has 15 atom stereocenters. The van der Waals surface area contributed by atoms with Crippen molar-refractivity contribution in [1.82, 2.24) is 4.90 Å². The SMILES string of the molecule is C=CC[C@H]1CC(C)C[C@H](C)C[C@H](OC)[C@H]2O[C@@](O)(C(=O)C(=O)N3CCCC[C@H]3C(=O)O[C@H](/C(C)=C/[C@@H]3CC[C@@H](O)[C@H](OC)C3)[C@H](C)[C@@H](O)CC1=O)[C@H](C)C[C@@H]2OC. The fourth-order valence-corrected chi connectivity index (χ4v) is 9.85. The van der Waals surface area contributed by atoms with Gasteiger partial charge in [-0.3, -0.25) is 14.4 Å². The summed E-state index contributed by atoms with van der Waals surface area (Å²) in [6.45, 7) is 13.4. The van der Waals surface area contributed by atoms with Crippen molar-refractivity contribution in [2.24, 2.45) is 35.5 Å². The Morgan fingerprint density at radius 3 is 2.16 bits per heavy atom. The Labute approximate surface area is 339 Å². The summed E-state index contributed by atoms with van der Waals surface area (Å²) in [5.74, 6) is -7.27. The number of Topliss-reactive ketones (excluding diaryl/α,β-unsaturated/α-hetero) is 2. The van der Waals surface area contributed by atoms with Crippen LogP contribution in [0.2, 0.25) is 0 Å². The molecule has 3 heterocycles. The van der Waals surface area contributed by atoms with E-state index in [2.05, 4.69) is 20.4 Å². The molecule has 1 unspecified atom stereocenters. The predicted octanol–water partition coefficient (Wildman–Crippen LogP) is 4.72. The van der Waals surface area contributed by atoms with Gasteiger partial charge in [-0.15, -0.1) is 6.58 Å². The van der Waals surface area contributed by atoms with E-state index in [0.29, 0.717) is 56.9 Å². The fraction of sp³-hybridized carbons (Fsp3) is 0.818. The van der Waals surface area contributed by atoms with Crippen LogP contribution in [-0.2, 0) is 42.9 Å². The fourth-order valence-electron chi connectivity index (χ4n) is 9.85. The quantitative estimate of drug-likeness (QED) is 0.184. The summed E-state index contributed by atoms with van der Waals surface area (Å²) in [5.41, 5.74) is 0.664. The number of nitrogens with zero attached hydrogens (tertiary/aromatic N) is 1. The molecule has 0 aromatic heterocycles. The average molecular weight is 806 g/mol. The highest BCUT2D eigenvalue weighted by atomic mass is 16.7. The van der Waals surface area contributed by atoms with Crippen LogP contribution < -0.4 is 0 Å². The summed E-state index contributed by atoms with van der Waals surface area (Å²) >= 11 is 0. The monoisotopic (exact) mass is 805 g/mol. The third-order valence-corrected chi connectivity index (χ3v) is 13.3. The number of piperidine rings is 1. The van der Waals surface area contributed by atoms with E-state index in [1.165, 1.54) is 19.1 Å². The van der Waals surface area contributed by atoms with Gasteiger partial charge in [-0.05, 0) is 101 Å². The van der Waals surface area contributed by atoms with Gasteiger partial charge in [-0.2, -0.15) is 0 Å². The molecule has 0 spiro atoms. The Kier molecular flexibility index (Phi) is 17.5. The summed E-state index contributed by atoms with van der Waals surface area (Å²) in [4.78, 5) is 57.9. The minimum absolute atomic E-state index is 0.00291. The van der Waals surface area contributed by atoms with Crippen molar-refractivity contribution in [2.75, 3.05) is 27.9 Å². The zero-order valence-corrected chi connectivity index (χ0v) is 35.6. The molecule has 4 aliphatic rings. The van der Waals surface area contributed by atoms with Crippen LogP contribution in [0.25, 0.3) is 0 Å². The van der Waals surface area contributed by atoms with E-state index in [4.69, 9.17) is 23.7 Å². The standard InChI is InChI=1S/C44H71NO12/c1-10-13-31-19-25(2)18-26(3)20-37(54-8)40-38(55-9)22-28(5)44(52,57-40)41(49)42(50)45-17-12-11-14-32(45)43(51)56-39(29(6)34(47)24-35(31)48)27(4)21-30-15-16-33(46)36(23-30)53-7/h10,21,25-26,28-34,36-40,46-47,52H,1,11-20,22-24H2,2-9H3/b27-21+/t25?,26-,28+,29+,30-,31-,32-,33+,34-,36+,37-,38-,39+,40+,44+/m0/s1. The number of esters is 1. The third kappa shape index (κ3) is 11.4. The van der Waals surface area contributed by atoms with Gasteiger partial charge in [-0.1, -0.05) is 39.8 Å². The molecular formula is C44H71NO12. The van der Waals surface area contributed by atoms with E-state index < -0.39 is 77.9 Å². The molecular weight excluding hydrogens is 734 g/mol. The first-order valence-corrected chi connectivity index (χ1v) is 21.2. The van der Waals surface area contributed by atoms with Crippen molar-refractivity contribution in [2.45, 2.75) is 166 Å². The number of amides is 1. The van der Waals surface area contributed by atoms with Crippen LogP contribution in [0.3, 0.4) is 0 Å². The number of carbonyl (C=O) groups excluding carboxylic acids is 4. The minimum atomic E-state index is -2.50. The molecule has 4 fully saturated rings. The number of fused-ring (bicyclic) bond motifs is 3. The van der Waals surface area contributed by atoms with Crippen molar-refractivity contribution in [3.8, 4) is 0 Å². The largest absolute Gasteiger partial charge is 0.456 e. The van der Waals surface area contributed by atoms with E-state index in [1.807, 2.05) is 13.0 Å². The lowest BCUT2D eigenvalue weighted by Crippen LogP contribution is -2.64. The van der Waals surface area contributed by atoms with Crippen LogP contribution in [0.15, 0.2) is 24.3 Å². The summed E-state index contributed by atoms with van der Waals surface area (Å²) < 4.78 is 29.8. The molecule has 0 aromatic rings. The van der Waals surface area contributed by atoms with E-state index in [-0.39, 0.29) is 61.4 Å². The molecule has 1 aliphatic carbocycles. The molecule has 324 valence electrons. The summed E-state index contributed by atoms with van der Waals surface area (Å²) in [6, 6.07) is -1.13. The highest BCUT2D eigenvalue weighted by Gasteiger charge is 2.56. The van der Waals surface area contributed by atoms with Gasteiger partial charge in [0, 0.05) is 52.0 Å². The molecule has 4 rings (SSSR count). The lowest BCUT2D eigenvalue weighted by molar-refractivity contribution is -0.302. The molecule has 1 saturated carbocycles. The molecule has 2 bridgehead atoms. The number of ether oxygens (including phenoxy) is 5. The molecule has 13 nitrogen and oxygen atoms in total. The number of allylic oxidation sites excluding steroid dienone is 2. The maximum Gasteiger partial charge on any atom is 0.329 e. The molecule has 1 amide bonds. The van der Waals surface area contributed by atoms with Crippen LogP contribution in [0.5, 0.6) is 0 Å². The zero-order chi connectivity index (χ0) is 42.2. The van der Waals surface area contributed by atoms with E-state index in [1.54, 1.807) is 27.0 Å². The van der Waals surface area contributed by atoms with Crippen molar-refractivity contribution in [1.29, 1.82) is 0 Å². The smallest absolute Gasteiger partial charge is 0.329 e. The predicted molar refractivity (Wildman–Crippen MR) is 213 cm³/mol. The Balaban J connectivity index is 1.76. The molecule has 0 radical (unpaired) electrons. The second kappa shape index (κ2) is 21.1. The number of aliphatic hydroxyl groups excluding tert-OH is 2. The summed E-state index contributed by atoms with van der Waals surface area (Å²) in [5, 5.41) is 34.2. The zero-order valence-electron chi connectivity index (χ0n) is 35.6. The first-order chi connectivity index (χ1) is 27.0. The number of cyclic esters (lactones) is 1. The number of aliphatic hydroxyl groups is 3. The molecule has 13 heteroatoms. The molecule has 3 saturated heterocycles. The molecule has 0 aromatic carbocycles. The lowest BCUT2D eigenvalue weighted by Gasteiger charge is -2.47. The van der Waals surface area contributed by atoms with Crippen LogP contribution in [0.1, 0.15) is 112 Å². The van der Waals surface area contributed by atoms with Crippen LogP contribution in [0.4, 0.5) is 0 Å². The first kappa shape index (κ1) is 47.2. The van der Waals surface area contributed by atoms with E-state index in [0.717, 1.165) is 6.42 Å². The van der Waals surface area contributed by atoms with Gasteiger partial charge in [0.05, 0.1) is 30.5 Å². The Morgan fingerprint density at radius 2 is 1.51 bits per heavy atom. The summed E-state index contributed by atoms with van der Waals surface area (Å²) in [7, 11) is 4.64. The van der Waals surface area contributed by atoms with Gasteiger partial charge in [0.1, 0.15) is 24.0 Å². The Hall–Kier alpha value is -2.52. The maximum absolute atomic E-state index is 14.3. The van der Waals surface area contributed by atoms with Crippen LogP contribution in [-0.4, -0.2) is 126 Å². The minimum Gasteiger partial charge on any atom is -0.456 e. The number of methoxy groups -OCH3 is 3.